The van der Waals surface area contributed by atoms with Crippen LogP contribution in [-0.4, -0.2) is 35.2 Å². The number of hydrogen-bond donors (Lipinski definition) is 1. The van der Waals surface area contributed by atoms with Gasteiger partial charge in [-0.25, -0.2) is 0 Å². The Hall–Kier alpha value is -0.0800. The smallest absolute Gasteiger partial charge is 0.0448 e. The lowest BCUT2D eigenvalue weighted by Gasteiger charge is -2.38. The largest absolute Gasteiger partial charge is 0.396 e. The molecule has 0 rings (SSSR count). The molecule has 0 saturated heterocycles. The van der Waals surface area contributed by atoms with E-state index in [0.29, 0.717) is 0 Å². The quantitative estimate of drug-likeness (QED) is 0.661. The molecule has 0 unspecified atom stereocenters. The predicted octanol–water partition coefficient (Wildman–Crippen LogP) is 2.27. The molecule has 0 aliphatic carbocycles. The summed E-state index contributed by atoms with van der Waals surface area (Å²) in [7, 11) is 0. The Kier molecular flexibility index (Phi) is 6.35. The van der Waals surface area contributed by atoms with Crippen LogP contribution in [0.25, 0.3) is 0 Å². The first-order chi connectivity index (χ1) is 6.08. The van der Waals surface area contributed by atoms with Crippen molar-refractivity contribution in [2.24, 2.45) is 0 Å². The van der Waals surface area contributed by atoms with Crippen LogP contribution >= 0.6 is 0 Å². The van der Waals surface area contributed by atoms with Crippen molar-refractivity contribution < 1.29 is 5.11 Å². The molecular formula is C11H25NO. The van der Waals surface area contributed by atoms with Crippen LogP contribution < -0.4 is 0 Å². The predicted molar refractivity (Wildman–Crippen MR) is 57.9 cm³/mol. The van der Waals surface area contributed by atoms with E-state index in [1.165, 1.54) is 12.8 Å². The fraction of sp³-hybridized carbons (Fsp3) is 1.00. The van der Waals surface area contributed by atoms with Gasteiger partial charge in [-0.2, -0.15) is 0 Å². The second kappa shape index (κ2) is 6.39. The second-order valence-corrected chi connectivity index (χ2v) is 4.27. The fourth-order valence-corrected chi connectivity index (χ4v) is 1.69. The van der Waals surface area contributed by atoms with Crippen LogP contribution in [0.5, 0.6) is 0 Å². The first-order valence-electron chi connectivity index (χ1n) is 5.44. The lowest BCUT2D eigenvalue weighted by molar-refractivity contribution is 0.0893. The van der Waals surface area contributed by atoms with Gasteiger partial charge in [-0.1, -0.05) is 13.8 Å². The normalized spacial score (nSPS) is 12.5. The van der Waals surface area contributed by atoms with Crippen molar-refractivity contribution in [3.05, 3.63) is 0 Å². The number of aliphatic hydroxyl groups excluding tert-OH is 1. The Morgan fingerprint density at radius 3 is 1.85 bits per heavy atom. The van der Waals surface area contributed by atoms with Crippen molar-refractivity contribution in [2.45, 2.75) is 52.5 Å². The van der Waals surface area contributed by atoms with Crippen molar-refractivity contribution in [1.82, 2.24) is 4.90 Å². The molecule has 0 atom stereocenters. The minimum atomic E-state index is 0.154. The maximum atomic E-state index is 8.96. The molecule has 0 aromatic rings. The SMILES string of the molecule is CCCN(CCC)C(C)(C)CCO. The van der Waals surface area contributed by atoms with E-state index in [0.717, 1.165) is 19.5 Å². The molecule has 0 spiro atoms. The molecule has 0 aromatic carbocycles. The van der Waals surface area contributed by atoms with Gasteiger partial charge in [-0.15, -0.1) is 0 Å². The Morgan fingerprint density at radius 2 is 1.54 bits per heavy atom. The standard InChI is InChI=1S/C11H25NO/c1-5-8-12(9-6-2)11(3,4)7-10-13/h13H,5-10H2,1-4H3. The van der Waals surface area contributed by atoms with Crippen molar-refractivity contribution >= 4 is 0 Å². The van der Waals surface area contributed by atoms with Crippen LogP contribution in [0.3, 0.4) is 0 Å². The van der Waals surface area contributed by atoms with Gasteiger partial charge < -0.3 is 5.11 Å². The average molecular weight is 187 g/mol. The zero-order chi connectivity index (χ0) is 10.3. The minimum Gasteiger partial charge on any atom is -0.396 e. The molecule has 0 aliphatic rings. The van der Waals surface area contributed by atoms with E-state index in [1.54, 1.807) is 0 Å². The molecule has 2 nitrogen and oxygen atoms in total. The summed E-state index contributed by atoms with van der Waals surface area (Å²) in [4.78, 5) is 2.48. The highest BCUT2D eigenvalue weighted by Crippen LogP contribution is 2.18. The van der Waals surface area contributed by atoms with Crippen LogP contribution in [0.2, 0.25) is 0 Å². The Balaban J connectivity index is 4.13. The van der Waals surface area contributed by atoms with Gasteiger partial charge in [0.15, 0.2) is 0 Å². The first-order valence-corrected chi connectivity index (χ1v) is 5.44. The van der Waals surface area contributed by atoms with E-state index in [4.69, 9.17) is 5.11 Å². The number of rotatable bonds is 7. The van der Waals surface area contributed by atoms with E-state index in [-0.39, 0.29) is 12.1 Å². The van der Waals surface area contributed by atoms with Crippen molar-refractivity contribution in [3.63, 3.8) is 0 Å². The molecule has 0 aliphatic heterocycles. The minimum absolute atomic E-state index is 0.154. The van der Waals surface area contributed by atoms with Crippen LogP contribution in [0, 0.1) is 0 Å². The highest BCUT2D eigenvalue weighted by molar-refractivity contribution is 4.80. The zero-order valence-electron chi connectivity index (χ0n) is 9.64. The molecule has 0 aromatic heterocycles. The van der Waals surface area contributed by atoms with E-state index in [2.05, 4.69) is 32.6 Å². The van der Waals surface area contributed by atoms with Gasteiger partial charge >= 0.3 is 0 Å². The highest BCUT2D eigenvalue weighted by Gasteiger charge is 2.24. The summed E-state index contributed by atoms with van der Waals surface area (Å²) >= 11 is 0. The van der Waals surface area contributed by atoms with Crippen LogP contribution in [0.1, 0.15) is 47.0 Å². The van der Waals surface area contributed by atoms with Crippen LogP contribution in [-0.2, 0) is 0 Å². The number of aliphatic hydroxyl groups is 1. The molecule has 2 heteroatoms. The zero-order valence-corrected chi connectivity index (χ0v) is 9.64. The van der Waals surface area contributed by atoms with Gasteiger partial charge in [0.1, 0.15) is 0 Å². The molecule has 0 heterocycles. The summed E-state index contributed by atoms with van der Waals surface area (Å²) in [6.07, 6.45) is 3.25. The van der Waals surface area contributed by atoms with Gasteiger partial charge in [0.2, 0.25) is 0 Å². The molecule has 0 amide bonds. The van der Waals surface area contributed by atoms with Gasteiger partial charge in [-0.3, -0.25) is 4.90 Å². The molecular weight excluding hydrogens is 162 g/mol. The molecule has 13 heavy (non-hydrogen) atoms. The van der Waals surface area contributed by atoms with Crippen molar-refractivity contribution in [3.8, 4) is 0 Å². The van der Waals surface area contributed by atoms with Gasteiger partial charge in [0.05, 0.1) is 0 Å². The summed E-state index contributed by atoms with van der Waals surface area (Å²) in [6, 6.07) is 0. The van der Waals surface area contributed by atoms with Gasteiger partial charge in [0.25, 0.3) is 0 Å². The third kappa shape index (κ3) is 4.63. The van der Waals surface area contributed by atoms with E-state index >= 15 is 0 Å². The molecule has 80 valence electrons. The fourth-order valence-electron chi connectivity index (χ4n) is 1.69. The maximum absolute atomic E-state index is 8.96. The maximum Gasteiger partial charge on any atom is 0.0448 e. The topological polar surface area (TPSA) is 23.5 Å². The van der Waals surface area contributed by atoms with Gasteiger partial charge in [-0.05, 0) is 46.2 Å². The molecule has 0 radical (unpaired) electrons. The lowest BCUT2D eigenvalue weighted by Crippen LogP contribution is -2.45. The summed E-state index contributed by atoms with van der Waals surface area (Å²) < 4.78 is 0. The summed E-state index contributed by atoms with van der Waals surface area (Å²) in [5, 5.41) is 8.96. The van der Waals surface area contributed by atoms with E-state index in [1.807, 2.05) is 0 Å². The number of nitrogens with zero attached hydrogens (tertiary/aromatic N) is 1. The van der Waals surface area contributed by atoms with Gasteiger partial charge in [0, 0.05) is 12.1 Å². The second-order valence-electron chi connectivity index (χ2n) is 4.27. The van der Waals surface area contributed by atoms with E-state index < -0.39 is 0 Å². The molecule has 0 bridgehead atoms. The Morgan fingerprint density at radius 1 is 1.08 bits per heavy atom. The van der Waals surface area contributed by atoms with Crippen molar-refractivity contribution in [1.29, 1.82) is 0 Å². The van der Waals surface area contributed by atoms with Crippen LogP contribution in [0.4, 0.5) is 0 Å². The van der Waals surface area contributed by atoms with Crippen molar-refractivity contribution in [2.75, 3.05) is 19.7 Å². The molecule has 0 saturated carbocycles. The summed E-state index contributed by atoms with van der Waals surface area (Å²) in [6.45, 7) is 11.4. The van der Waals surface area contributed by atoms with E-state index in [9.17, 15) is 0 Å². The summed E-state index contributed by atoms with van der Waals surface area (Å²) in [5.41, 5.74) is 0.154. The molecule has 1 N–H and O–H groups in total. The lowest BCUT2D eigenvalue weighted by atomic mass is 9.98. The van der Waals surface area contributed by atoms with Crippen LogP contribution in [0.15, 0.2) is 0 Å². The summed E-state index contributed by atoms with van der Waals surface area (Å²) in [5.74, 6) is 0. The Bertz CT molecular complexity index is 117. The monoisotopic (exact) mass is 187 g/mol. The highest BCUT2D eigenvalue weighted by atomic mass is 16.3. The first kappa shape index (κ1) is 12.9. The molecule has 0 fully saturated rings. The third-order valence-corrected chi connectivity index (χ3v) is 2.57. The Labute approximate surface area is 82.9 Å². The number of hydrogen-bond acceptors (Lipinski definition) is 2. The third-order valence-electron chi connectivity index (χ3n) is 2.57. The average Bonchev–Trinajstić information content (AvgIpc) is 2.04.